The number of sulfone groups is 1. The highest BCUT2D eigenvalue weighted by Gasteiger charge is 2.30. The van der Waals surface area contributed by atoms with Gasteiger partial charge in [-0.15, -0.1) is 0 Å². The summed E-state index contributed by atoms with van der Waals surface area (Å²) in [5, 5.41) is 0. The Morgan fingerprint density at radius 2 is 1.73 bits per heavy atom. The molecule has 0 spiro atoms. The van der Waals surface area contributed by atoms with E-state index in [-0.39, 0.29) is 29.3 Å². The first-order chi connectivity index (χ1) is 14.3. The van der Waals surface area contributed by atoms with Gasteiger partial charge >= 0.3 is 6.09 Å². The van der Waals surface area contributed by atoms with Crippen LogP contribution in [0.3, 0.4) is 0 Å². The van der Waals surface area contributed by atoms with Crippen molar-refractivity contribution < 1.29 is 22.3 Å². The molecule has 0 saturated heterocycles. The lowest BCUT2D eigenvalue weighted by molar-refractivity contribution is 0.107. The monoisotopic (exact) mass is 431 g/mol. The van der Waals surface area contributed by atoms with Crippen molar-refractivity contribution in [3.05, 3.63) is 64.5 Å². The average molecular weight is 432 g/mol. The number of ether oxygens (including phenoxy) is 1. The highest BCUT2D eigenvalue weighted by molar-refractivity contribution is 7.89. The van der Waals surface area contributed by atoms with E-state index < -0.39 is 15.9 Å². The van der Waals surface area contributed by atoms with E-state index >= 15 is 0 Å². The maximum Gasteiger partial charge on any atom is 0.414 e. The van der Waals surface area contributed by atoms with Crippen molar-refractivity contribution in [1.82, 2.24) is 0 Å². The molecule has 2 aromatic rings. The van der Waals surface area contributed by atoms with Crippen LogP contribution in [-0.4, -0.2) is 21.1 Å². The number of nitrogens with zero attached hydrogens (tertiary/aromatic N) is 1. The van der Waals surface area contributed by atoms with Gasteiger partial charge in [-0.1, -0.05) is 25.1 Å². The van der Waals surface area contributed by atoms with E-state index in [0.29, 0.717) is 23.2 Å². The van der Waals surface area contributed by atoms with Gasteiger partial charge in [0.1, 0.15) is 11.9 Å². The Morgan fingerprint density at radius 1 is 1.07 bits per heavy atom. The van der Waals surface area contributed by atoms with Gasteiger partial charge in [-0.05, 0) is 67.0 Å². The molecule has 0 N–H and O–H groups in total. The number of hydrogen-bond donors (Lipinski definition) is 0. The number of rotatable bonds is 7. The molecule has 1 atom stereocenters. The predicted octanol–water partition coefficient (Wildman–Crippen LogP) is 5.25. The van der Waals surface area contributed by atoms with Crippen molar-refractivity contribution in [3.63, 3.8) is 0 Å². The van der Waals surface area contributed by atoms with Gasteiger partial charge in [-0.3, -0.25) is 4.90 Å². The lowest BCUT2D eigenvalue weighted by atomic mass is 10.0. The Hall–Kier alpha value is -2.41. The first-order valence-corrected chi connectivity index (χ1v) is 12.2. The molecule has 0 bridgehead atoms. The van der Waals surface area contributed by atoms with Crippen LogP contribution in [0, 0.1) is 5.82 Å². The van der Waals surface area contributed by atoms with Crippen LogP contribution in [0.4, 0.5) is 14.9 Å². The molecule has 1 amide bonds. The summed E-state index contributed by atoms with van der Waals surface area (Å²) in [5.41, 5.74) is 3.34. The number of carbonyl (C=O) groups is 1. The number of benzene rings is 2. The standard InChI is InChI=1S/C23H26FNO4S/c1-3-10-25-22-9-5-16(11-20(22)15(2)29-23(25)26)13-30(27,28)14-17-4-8-19(18-6-7-18)21(24)12-17/h4-5,8-9,11-12,15,18H,3,6-7,10,13-14H2,1-2H3. The highest BCUT2D eigenvalue weighted by Crippen LogP contribution is 2.41. The predicted molar refractivity (Wildman–Crippen MR) is 114 cm³/mol. The van der Waals surface area contributed by atoms with Gasteiger partial charge in [0.2, 0.25) is 0 Å². The molecule has 30 heavy (non-hydrogen) atoms. The Kier molecular flexibility index (Phi) is 5.57. The van der Waals surface area contributed by atoms with E-state index in [1.54, 1.807) is 42.2 Å². The van der Waals surface area contributed by atoms with Gasteiger partial charge in [0.25, 0.3) is 0 Å². The van der Waals surface area contributed by atoms with Gasteiger partial charge in [0.05, 0.1) is 17.2 Å². The summed E-state index contributed by atoms with van der Waals surface area (Å²) in [6.07, 6.45) is 1.96. The smallest absolute Gasteiger partial charge is 0.414 e. The first kappa shape index (κ1) is 20.8. The van der Waals surface area contributed by atoms with E-state index in [9.17, 15) is 17.6 Å². The molecule has 1 saturated carbocycles. The zero-order valence-electron chi connectivity index (χ0n) is 17.2. The zero-order valence-corrected chi connectivity index (χ0v) is 18.0. The third-order valence-electron chi connectivity index (χ3n) is 5.62. The molecule has 0 radical (unpaired) electrons. The molecule has 7 heteroatoms. The minimum atomic E-state index is -3.49. The number of fused-ring (bicyclic) bond motifs is 1. The molecular weight excluding hydrogens is 405 g/mol. The molecule has 5 nitrogen and oxygen atoms in total. The molecule has 2 aromatic carbocycles. The molecule has 1 fully saturated rings. The Balaban J connectivity index is 1.53. The molecule has 1 aliphatic carbocycles. The fraction of sp³-hybridized carbons (Fsp3) is 0.435. The molecule has 160 valence electrons. The molecule has 4 rings (SSSR count). The summed E-state index contributed by atoms with van der Waals surface area (Å²) in [5.74, 6) is -0.390. The van der Waals surface area contributed by atoms with Crippen molar-refractivity contribution in [1.29, 1.82) is 0 Å². The number of halogens is 1. The maximum absolute atomic E-state index is 14.3. The maximum atomic E-state index is 14.3. The molecule has 1 heterocycles. The van der Waals surface area contributed by atoms with Crippen LogP contribution in [0.1, 0.15) is 67.4 Å². The van der Waals surface area contributed by atoms with Crippen molar-refractivity contribution in [2.45, 2.75) is 56.6 Å². The van der Waals surface area contributed by atoms with E-state index in [2.05, 4.69) is 0 Å². The minimum absolute atomic E-state index is 0.152. The molecule has 1 aliphatic heterocycles. The number of hydrogen-bond acceptors (Lipinski definition) is 4. The second-order valence-electron chi connectivity index (χ2n) is 8.23. The molecule has 2 aliphatic rings. The van der Waals surface area contributed by atoms with Crippen LogP contribution in [0.2, 0.25) is 0 Å². The lowest BCUT2D eigenvalue weighted by Gasteiger charge is -2.32. The highest BCUT2D eigenvalue weighted by atomic mass is 32.2. The number of anilines is 1. The van der Waals surface area contributed by atoms with Crippen LogP contribution in [0.25, 0.3) is 0 Å². The Labute approximate surface area is 176 Å². The third kappa shape index (κ3) is 4.36. The van der Waals surface area contributed by atoms with Crippen LogP contribution in [-0.2, 0) is 26.1 Å². The van der Waals surface area contributed by atoms with E-state index in [1.807, 2.05) is 6.92 Å². The third-order valence-corrected chi connectivity index (χ3v) is 7.17. The average Bonchev–Trinajstić information content (AvgIpc) is 3.50. The summed E-state index contributed by atoms with van der Waals surface area (Å²) in [6.45, 7) is 4.30. The molecular formula is C23H26FNO4S. The first-order valence-electron chi connectivity index (χ1n) is 10.4. The normalized spacial score (nSPS) is 18.8. The Morgan fingerprint density at radius 3 is 2.37 bits per heavy atom. The van der Waals surface area contributed by atoms with Crippen LogP contribution in [0.15, 0.2) is 36.4 Å². The lowest BCUT2D eigenvalue weighted by Crippen LogP contribution is -2.37. The van der Waals surface area contributed by atoms with E-state index in [4.69, 9.17) is 4.74 Å². The van der Waals surface area contributed by atoms with Gasteiger partial charge in [0.15, 0.2) is 9.84 Å². The summed E-state index contributed by atoms with van der Waals surface area (Å²) >= 11 is 0. The zero-order chi connectivity index (χ0) is 21.5. The second kappa shape index (κ2) is 8.02. The summed E-state index contributed by atoms with van der Waals surface area (Å²) in [6, 6.07) is 10.1. The van der Waals surface area contributed by atoms with Gasteiger partial charge in [0, 0.05) is 12.1 Å². The quantitative estimate of drug-likeness (QED) is 0.601. The fourth-order valence-corrected chi connectivity index (χ4v) is 5.50. The molecule has 1 unspecified atom stereocenters. The van der Waals surface area contributed by atoms with Crippen molar-refractivity contribution >= 4 is 21.6 Å². The largest absolute Gasteiger partial charge is 0.441 e. The topological polar surface area (TPSA) is 63.7 Å². The SMILES string of the molecule is CCCN1C(=O)OC(C)c2cc(CS(=O)(=O)Cc3ccc(C4CC4)c(F)c3)ccc21. The minimum Gasteiger partial charge on any atom is -0.441 e. The van der Waals surface area contributed by atoms with Crippen LogP contribution < -0.4 is 4.90 Å². The van der Waals surface area contributed by atoms with Gasteiger partial charge in [-0.2, -0.15) is 0 Å². The van der Waals surface area contributed by atoms with Crippen molar-refractivity contribution in [2.24, 2.45) is 0 Å². The number of cyclic esters (lactones) is 1. The van der Waals surface area contributed by atoms with Gasteiger partial charge in [-0.25, -0.2) is 17.6 Å². The van der Waals surface area contributed by atoms with E-state index in [0.717, 1.165) is 30.5 Å². The van der Waals surface area contributed by atoms with Crippen LogP contribution >= 0.6 is 0 Å². The van der Waals surface area contributed by atoms with Gasteiger partial charge < -0.3 is 4.74 Å². The summed E-state index contributed by atoms with van der Waals surface area (Å²) < 4.78 is 45.2. The van der Waals surface area contributed by atoms with Crippen LogP contribution in [0.5, 0.6) is 0 Å². The number of carbonyl (C=O) groups excluding carboxylic acids is 1. The van der Waals surface area contributed by atoms with E-state index in [1.165, 1.54) is 6.07 Å². The molecule has 0 aromatic heterocycles. The summed E-state index contributed by atoms with van der Waals surface area (Å²) in [4.78, 5) is 13.7. The fourth-order valence-electron chi connectivity index (χ4n) is 4.02. The summed E-state index contributed by atoms with van der Waals surface area (Å²) in [7, 11) is -3.49. The van der Waals surface area contributed by atoms with Crippen molar-refractivity contribution in [2.75, 3.05) is 11.4 Å². The van der Waals surface area contributed by atoms with Crippen molar-refractivity contribution in [3.8, 4) is 0 Å². The Bertz CT molecular complexity index is 1080. The second-order valence-corrected chi connectivity index (χ2v) is 10.3. The number of amides is 1.